The number of rotatable bonds is 4. The highest BCUT2D eigenvalue weighted by Gasteiger charge is 2.37. The summed E-state index contributed by atoms with van der Waals surface area (Å²) in [5.41, 5.74) is 0.267. The summed E-state index contributed by atoms with van der Waals surface area (Å²) in [5.74, 6) is -3.70. The van der Waals surface area contributed by atoms with Gasteiger partial charge in [-0.3, -0.25) is 14.0 Å². The quantitative estimate of drug-likeness (QED) is 0.513. The monoisotopic (exact) mass is 495 g/mol. The van der Waals surface area contributed by atoms with Gasteiger partial charge in [0.25, 0.3) is 12.0 Å². The first-order valence-electron chi connectivity index (χ1n) is 11.4. The van der Waals surface area contributed by atoms with E-state index in [1.807, 2.05) is 11.1 Å². The van der Waals surface area contributed by atoms with Gasteiger partial charge in [-0.1, -0.05) is 0 Å². The fraction of sp³-hybridized carbons (Fsp3) is 0.591. The largest absolute Gasteiger partial charge is 0.370 e. The Morgan fingerprint density at radius 2 is 1.86 bits per heavy atom. The van der Waals surface area contributed by atoms with Crippen molar-refractivity contribution in [1.29, 1.82) is 0 Å². The second kappa shape index (κ2) is 8.85. The Labute approximate surface area is 197 Å². The molecule has 4 heterocycles. The Morgan fingerprint density at radius 3 is 2.51 bits per heavy atom. The van der Waals surface area contributed by atoms with Crippen molar-refractivity contribution < 1.29 is 22.3 Å². The zero-order valence-electron chi connectivity index (χ0n) is 19.3. The van der Waals surface area contributed by atoms with Crippen LogP contribution in [-0.4, -0.2) is 54.9 Å². The second-order valence-corrected chi connectivity index (χ2v) is 9.12. The van der Waals surface area contributed by atoms with E-state index in [0.717, 1.165) is 10.1 Å². The molecule has 0 N–H and O–H groups in total. The Hall–Kier alpha value is -3.09. The minimum atomic E-state index is -2.99. The summed E-state index contributed by atoms with van der Waals surface area (Å²) in [6.07, 6.45) is -0.210. The van der Waals surface area contributed by atoms with Crippen LogP contribution in [0.15, 0.2) is 17.2 Å². The SMILES string of the molecule is Cn1cc([C@H]2CN(c3nc(C4CCC(F)(F)CC4)c4nc(C(F)F)n(C)c(=O)c4n3)CCO2)cn1. The molecule has 2 fully saturated rings. The molecule has 1 aliphatic carbocycles. The number of nitrogens with zero attached hydrogens (tertiary/aromatic N) is 7. The first-order valence-corrected chi connectivity index (χ1v) is 11.4. The van der Waals surface area contributed by atoms with Crippen LogP contribution in [0.5, 0.6) is 0 Å². The van der Waals surface area contributed by atoms with Crippen molar-refractivity contribution in [2.24, 2.45) is 14.1 Å². The van der Waals surface area contributed by atoms with Crippen LogP contribution in [0, 0.1) is 0 Å². The smallest absolute Gasteiger partial charge is 0.295 e. The summed E-state index contributed by atoms with van der Waals surface area (Å²) in [4.78, 5) is 28.0. The van der Waals surface area contributed by atoms with Crippen LogP contribution in [0.2, 0.25) is 0 Å². The van der Waals surface area contributed by atoms with Gasteiger partial charge in [0.05, 0.1) is 25.0 Å². The van der Waals surface area contributed by atoms with Crippen LogP contribution in [0.1, 0.15) is 61.2 Å². The number of halogens is 4. The van der Waals surface area contributed by atoms with Gasteiger partial charge in [0.15, 0.2) is 11.3 Å². The van der Waals surface area contributed by atoms with Gasteiger partial charge in [0.1, 0.15) is 11.6 Å². The summed E-state index contributed by atoms with van der Waals surface area (Å²) in [5, 5.41) is 4.17. The van der Waals surface area contributed by atoms with Crippen molar-refractivity contribution in [1.82, 2.24) is 29.3 Å². The van der Waals surface area contributed by atoms with E-state index in [4.69, 9.17) is 4.74 Å². The summed E-state index contributed by atoms with van der Waals surface area (Å²) in [6, 6.07) is 0. The van der Waals surface area contributed by atoms with Crippen molar-refractivity contribution in [2.75, 3.05) is 24.6 Å². The summed E-state index contributed by atoms with van der Waals surface area (Å²) < 4.78 is 63.2. The maximum absolute atomic E-state index is 13.8. The van der Waals surface area contributed by atoms with Gasteiger partial charge in [0, 0.05) is 51.2 Å². The Morgan fingerprint density at radius 1 is 1.11 bits per heavy atom. The van der Waals surface area contributed by atoms with Crippen LogP contribution in [-0.2, 0) is 18.8 Å². The van der Waals surface area contributed by atoms with E-state index in [0.29, 0.717) is 19.7 Å². The molecule has 0 amide bonds. The van der Waals surface area contributed by atoms with Gasteiger partial charge < -0.3 is 9.64 Å². The standard InChI is InChI=1S/C22H25F4N7O2/c1-31-10-13(9-27-31)14-11-33(7-8-35-14)21-29-15(12-3-5-22(25,26)6-4-12)16-17(30-21)20(34)32(2)19(28-16)18(23)24/h9-10,12,14,18H,3-8,11H2,1-2H3/t14-/m1/s1. The maximum Gasteiger partial charge on any atom is 0.295 e. The molecule has 1 atom stereocenters. The molecule has 35 heavy (non-hydrogen) atoms. The highest BCUT2D eigenvalue weighted by Crippen LogP contribution is 2.42. The molecule has 188 valence electrons. The van der Waals surface area contributed by atoms with Crippen molar-refractivity contribution in [2.45, 2.75) is 50.1 Å². The second-order valence-electron chi connectivity index (χ2n) is 9.12. The van der Waals surface area contributed by atoms with E-state index in [-0.39, 0.29) is 54.5 Å². The van der Waals surface area contributed by atoms with Crippen LogP contribution in [0.4, 0.5) is 23.5 Å². The number of aromatic nitrogens is 6. The summed E-state index contributed by atoms with van der Waals surface area (Å²) in [6.45, 7) is 1.18. The number of fused-ring (bicyclic) bond motifs is 1. The van der Waals surface area contributed by atoms with Crippen LogP contribution >= 0.6 is 0 Å². The summed E-state index contributed by atoms with van der Waals surface area (Å²) >= 11 is 0. The molecule has 3 aromatic rings. The molecule has 1 saturated carbocycles. The molecule has 0 radical (unpaired) electrons. The summed E-state index contributed by atoms with van der Waals surface area (Å²) in [7, 11) is 3.01. The minimum absolute atomic E-state index is 0.0422. The molecule has 0 unspecified atom stereocenters. The molecular formula is C22H25F4N7O2. The van der Waals surface area contributed by atoms with Crippen LogP contribution in [0.25, 0.3) is 11.0 Å². The van der Waals surface area contributed by atoms with Gasteiger partial charge >= 0.3 is 0 Å². The predicted molar refractivity (Wildman–Crippen MR) is 118 cm³/mol. The molecule has 1 aliphatic heterocycles. The van der Waals surface area contributed by atoms with Gasteiger partial charge in [-0.05, 0) is 12.8 Å². The molecule has 0 spiro atoms. The maximum atomic E-state index is 13.8. The number of ether oxygens (including phenoxy) is 1. The van der Waals surface area contributed by atoms with E-state index in [2.05, 4.69) is 20.1 Å². The van der Waals surface area contributed by atoms with Crippen molar-refractivity contribution >= 4 is 17.0 Å². The molecule has 0 bridgehead atoms. The van der Waals surface area contributed by atoms with E-state index in [1.54, 1.807) is 17.9 Å². The highest BCUT2D eigenvalue weighted by atomic mass is 19.3. The fourth-order valence-electron chi connectivity index (χ4n) is 4.75. The Kier molecular flexibility index (Phi) is 5.98. The van der Waals surface area contributed by atoms with E-state index < -0.39 is 29.6 Å². The molecular weight excluding hydrogens is 470 g/mol. The van der Waals surface area contributed by atoms with Crippen molar-refractivity contribution in [3.05, 3.63) is 39.8 Å². The first kappa shape index (κ1) is 23.6. The van der Waals surface area contributed by atoms with Gasteiger partial charge in [0.2, 0.25) is 11.9 Å². The van der Waals surface area contributed by atoms with Crippen molar-refractivity contribution in [3.63, 3.8) is 0 Å². The lowest BCUT2D eigenvalue weighted by molar-refractivity contribution is -0.0384. The lowest BCUT2D eigenvalue weighted by Gasteiger charge is -2.33. The number of hydrogen-bond acceptors (Lipinski definition) is 7. The topological polar surface area (TPSA) is 91.0 Å². The van der Waals surface area contributed by atoms with Crippen LogP contribution in [0.3, 0.4) is 0 Å². The van der Waals surface area contributed by atoms with Crippen LogP contribution < -0.4 is 10.5 Å². The number of hydrogen-bond donors (Lipinski definition) is 0. The van der Waals surface area contributed by atoms with E-state index in [9.17, 15) is 22.4 Å². The lowest BCUT2D eigenvalue weighted by Crippen LogP contribution is -2.40. The first-order chi connectivity index (χ1) is 16.6. The van der Waals surface area contributed by atoms with E-state index >= 15 is 0 Å². The number of anilines is 1. The molecule has 5 rings (SSSR count). The molecule has 2 aliphatic rings. The third-order valence-corrected chi connectivity index (χ3v) is 6.72. The van der Waals surface area contributed by atoms with Gasteiger partial charge in [-0.2, -0.15) is 5.10 Å². The molecule has 0 aromatic carbocycles. The lowest BCUT2D eigenvalue weighted by atomic mass is 9.84. The molecule has 3 aromatic heterocycles. The number of aryl methyl sites for hydroxylation is 1. The van der Waals surface area contributed by atoms with Crippen molar-refractivity contribution in [3.8, 4) is 0 Å². The fourth-order valence-corrected chi connectivity index (χ4v) is 4.75. The van der Waals surface area contributed by atoms with Gasteiger partial charge in [-0.25, -0.2) is 32.5 Å². The minimum Gasteiger partial charge on any atom is -0.370 e. The number of morpholine rings is 1. The Balaban J connectivity index is 1.60. The molecule has 9 nitrogen and oxygen atoms in total. The predicted octanol–water partition coefficient (Wildman–Crippen LogP) is 3.27. The Bertz CT molecular complexity index is 1300. The highest BCUT2D eigenvalue weighted by molar-refractivity contribution is 5.77. The zero-order chi connectivity index (χ0) is 24.9. The third-order valence-electron chi connectivity index (χ3n) is 6.72. The molecule has 1 saturated heterocycles. The number of alkyl halides is 4. The van der Waals surface area contributed by atoms with E-state index in [1.165, 1.54) is 7.05 Å². The zero-order valence-corrected chi connectivity index (χ0v) is 19.3. The van der Waals surface area contributed by atoms with Gasteiger partial charge in [-0.15, -0.1) is 0 Å². The normalized spacial score (nSPS) is 21.2. The third kappa shape index (κ3) is 4.48. The molecule has 13 heteroatoms. The average molecular weight is 495 g/mol. The average Bonchev–Trinajstić information content (AvgIpc) is 3.27.